The molecule has 0 unspecified atom stereocenters. The van der Waals surface area contributed by atoms with E-state index in [9.17, 15) is 13.2 Å². The summed E-state index contributed by atoms with van der Waals surface area (Å²) in [4.78, 5) is 7.98. The Labute approximate surface area is 88.9 Å². The second-order valence-electron chi connectivity index (χ2n) is 2.68. The van der Waals surface area contributed by atoms with Crippen LogP contribution in [0, 0.1) is 0 Å². The summed E-state index contributed by atoms with van der Waals surface area (Å²) in [6.45, 7) is -1.47. The van der Waals surface area contributed by atoms with E-state index in [4.69, 9.17) is 5.21 Å². The zero-order valence-corrected chi connectivity index (χ0v) is 8.23. The summed E-state index contributed by atoms with van der Waals surface area (Å²) in [6, 6.07) is 2.61. The molecule has 1 rings (SSSR count). The third kappa shape index (κ3) is 3.55. The molecular formula is C8H9F3N2O3. The Hall–Kier alpha value is -1.54. The standard InChI is InChI=1S/C8H9F3N2O3/c1-15-13(14)7-6(3-2-4-12-7)16-5-8(9,10)11/h2-4,14H,5H2,1H3. The normalized spacial score (nSPS) is 11.3. The van der Waals surface area contributed by atoms with Gasteiger partial charge in [0.1, 0.15) is 0 Å². The van der Waals surface area contributed by atoms with E-state index in [1.807, 2.05) is 0 Å². The molecule has 1 aromatic rings. The number of hydrogen-bond donors (Lipinski definition) is 1. The highest BCUT2D eigenvalue weighted by Gasteiger charge is 2.29. The van der Waals surface area contributed by atoms with Crippen LogP contribution in [0.1, 0.15) is 0 Å². The van der Waals surface area contributed by atoms with Gasteiger partial charge < -0.3 is 4.74 Å². The van der Waals surface area contributed by atoms with Crippen LogP contribution < -0.4 is 9.96 Å². The van der Waals surface area contributed by atoms with Crippen molar-refractivity contribution >= 4 is 5.82 Å². The van der Waals surface area contributed by atoms with Gasteiger partial charge in [-0.2, -0.15) is 13.2 Å². The van der Waals surface area contributed by atoms with Crippen molar-refractivity contribution in [1.82, 2.24) is 4.98 Å². The fourth-order valence-electron chi connectivity index (χ4n) is 0.885. The Kier molecular flexibility index (Phi) is 3.91. The van der Waals surface area contributed by atoms with Crippen molar-refractivity contribution in [3.05, 3.63) is 18.3 Å². The predicted molar refractivity (Wildman–Crippen MR) is 47.1 cm³/mol. The van der Waals surface area contributed by atoms with Crippen molar-refractivity contribution in [3.8, 4) is 5.75 Å². The van der Waals surface area contributed by atoms with Gasteiger partial charge >= 0.3 is 6.18 Å². The molecular weight excluding hydrogens is 229 g/mol. The number of halogens is 3. The third-order valence-electron chi connectivity index (χ3n) is 1.50. The maximum Gasteiger partial charge on any atom is 0.422 e. The minimum atomic E-state index is -4.46. The second-order valence-corrected chi connectivity index (χ2v) is 2.68. The molecule has 90 valence electrons. The smallest absolute Gasteiger partial charge is 0.422 e. The van der Waals surface area contributed by atoms with E-state index in [1.165, 1.54) is 18.3 Å². The third-order valence-corrected chi connectivity index (χ3v) is 1.50. The summed E-state index contributed by atoms with van der Waals surface area (Å²) in [5.41, 5.74) is 0. The molecule has 1 heterocycles. The van der Waals surface area contributed by atoms with E-state index < -0.39 is 12.8 Å². The van der Waals surface area contributed by atoms with Gasteiger partial charge in [0.2, 0.25) is 5.82 Å². The van der Waals surface area contributed by atoms with Crippen LogP contribution in [0.25, 0.3) is 0 Å². The highest BCUT2D eigenvalue weighted by atomic mass is 19.4. The van der Waals surface area contributed by atoms with E-state index >= 15 is 0 Å². The minimum absolute atomic E-state index is 0.214. The van der Waals surface area contributed by atoms with Gasteiger partial charge in [-0.25, -0.2) is 4.98 Å². The summed E-state index contributed by atoms with van der Waals surface area (Å²) in [5, 5.41) is 9.34. The Balaban J connectivity index is 2.79. The van der Waals surface area contributed by atoms with Crippen LogP contribution in [-0.4, -0.2) is 30.1 Å². The van der Waals surface area contributed by atoms with Gasteiger partial charge in [0.15, 0.2) is 12.4 Å². The van der Waals surface area contributed by atoms with Crippen molar-refractivity contribution in [1.29, 1.82) is 0 Å². The zero-order valence-electron chi connectivity index (χ0n) is 8.23. The number of pyridine rings is 1. The first kappa shape index (κ1) is 12.5. The van der Waals surface area contributed by atoms with Crippen molar-refractivity contribution in [2.24, 2.45) is 0 Å². The molecule has 0 fully saturated rings. The number of anilines is 1. The number of hydrogen-bond acceptors (Lipinski definition) is 5. The molecule has 8 heteroatoms. The Bertz CT molecular complexity index is 346. The summed E-state index contributed by atoms with van der Waals surface area (Å²) in [7, 11) is 1.13. The molecule has 0 radical (unpaired) electrons. The Morgan fingerprint density at radius 1 is 1.50 bits per heavy atom. The highest BCUT2D eigenvalue weighted by molar-refractivity contribution is 5.47. The van der Waals surface area contributed by atoms with Crippen molar-refractivity contribution in [3.63, 3.8) is 0 Å². The fraction of sp³-hybridized carbons (Fsp3) is 0.375. The molecule has 0 saturated heterocycles. The zero-order chi connectivity index (χ0) is 12.2. The molecule has 0 atom stereocenters. The average Bonchev–Trinajstić information content (AvgIpc) is 2.25. The summed E-state index contributed by atoms with van der Waals surface area (Å²) < 4.78 is 40.2. The number of aromatic nitrogens is 1. The van der Waals surface area contributed by atoms with Crippen LogP contribution >= 0.6 is 0 Å². The fourth-order valence-corrected chi connectivity index (χ4v) is 0.885. The average molecular weight is 238 g/mol. The quantitative estimate of drug-likeness (QED) is 0.810. The SMILES string of the molecule is CON(O)c1ncccc1OCC(F)(F)F. The lowest BCUT2D eigenvalue weighted by Crippen LogP contribution is -2.22. The predicted octanol–water partition coefficient (Wildman–Crippen LogP) is 1.78. The number of nitrogens with zero attached hydrogens (tertiary/aromatic N) is 2. The summed E-state index contributed by atoms with van der Waals surface area (Å²) >= 11 is 0. The molecule has 0 aromatic carbocycles. The first-order valence-electron chi connectivity index (χ1n) is 4.11. The maximum atomic E-state index is 11.9. The van der Waals surface area contributed by atoms with Gasteiger partial charge in [0.25, 0.3) is 0 Å². The minimum Gasteiger partial charge on any atom is -0.480 e. The molecule has 0 bridgehead atoms. The van der Waals surface area contributed by atoms with E-state index in [1.54, 1.807) is 0 Å². The van der Waals surface area contributed by atoms with Gasteiger partial charge in [-0.05, 0) is 12.1 Å². The molecule has 1 aromatic heterocycles. The molecule has 1 N–H and O–H groups in total. The number of alkyl halides is 3. The van der Waals surface area contributed by atoms with Gasteiger partial charge in [-0.3, -0.25) is 10.0 Å². The largest absolute Gasteiger partial charge is 0.480 e. The molecule has 0 amide bonds. The monoisotopic (exact) mass is 238 g/mol. The Morgan fingerprint density at radius 2 is 2.19 bits per heavy atom. The van der Waals surface area contributed by atoms with E-state index in [0.717, 1.165) is 7.11 Å². The lowest BCUT2D eigenvalue weighted by molar-refractivity contribution is -0.153. The van der Waals surface area contributed by atoms with Crippen LogP contribution in [0.15, 0.2) is 18.3 Å². The lowest BCUT2D eigenvalue weighted by atomic mass is 10.4. The first-order chi connectivity index (χ1) is 7.44. The van der Waals surface area contributed by atoms with Crippen LogP contribution in [0.3, 0.4) is 0 Å². The molecule has 16 heavy (non-hydrogen) atoms. The van der Waals surface area contributed by atoms with Crippen LogP contribution in [0.2, 0.25) is 0 Å². The first-order valence-corrected chi connectivity index (χ1v) is 4.11. The van der Waals surface area contributed by atoms with Gasteiger partial charge in [-0.15, -0.1) is 5.23 Å². The maximum absolute atomic E-state index is 11.9. The molecule has 0 aliphatic rings. The lowest BCUT2D eigenvalue weighted by Gasteiger charge is -2.16. The Morgan fingerprint density at radius 3 is 2.75 bits per heavy atom. The van der Waals surface area contributed by atoms with Crippen LogP contribution in [-0.2, 0) is 4.84 Å². The van der Waals surface area contributed by atoms with Crippen LogP contribution in [0.5, 0.6) is 5.75 Å². The molecule has 5 nitrogen and oxygen atoms in total. The summed E-state index contributed by atoms with van der Waals surface area (Å²) in [6.07, 6.45) is -3.18. The molecule has 0 saturated carbocycles. The van der Waals surface area contributed by atoms with E-state index in [0.29, 0.717) is 0 Å². The number of ether oxygens (including phenoxy) is 1. The molecule has 0 spiro atoms. The highest BCUT2D eigenvalue weighted by Crippen LogP contribution is 2.26. The van der Waals surface area contributed by atoms with Crippen molar-refractivity contribution < 1.29 is 28.0 Å². The van der Waals surface area contributed by atoms with Crippen LogP contribution in [0.4, 0.5) is 19.0 Å². The topological polar surface area (TPSA) is 54.8 Å². The summed E-state index contributed by atoms with van der Waals surface area (Å²) in [5.74, 6) is -0.488. The molecule has 0 aliphatic carbocycles. The molecule has 0 aliphatic heterocycles. The van der Waals surface area contributed by atoms with Gasteiger partial charge in [0, 0.05) is 6.20 Å². The van der Waals surface area contributed by atoms with Gasteiger partial charge in [-0.1, -0.05) is 0 Å². The van der Waals surface area contributed by atoms with E-state index in [2.05, 4.69) is 14.6 Å². The van der Waals surface area contributed by atoms with E-state index in [-0.39, 0.29) is 16.8 Å². The van der Waals surface area contributed by atoms with Crippen molar-refractivity contribution in [2.75, 3.05) is 18.9 Å². The van der Waals surface area contributed by atoms with Crippen molar-refractivity contribution in [2.45, 2.75) is 6.18 Å². The second kappa shape index (κ2) is 4.99. The van der Waals surface area contributed by atoms with Gasteiger partial charge in [0.05, 0.1) is 7.11 Å². The number of rotatable bonds is 4.